The number of fused-ring (bicyclic) bond motifs is 9. The van der Waals surface area contributed by atoms with Gasteiger partial charge in [0, 0.05) is 49.4 Å². The van der Waals surface area contributed by atoms with E-state index < -0.39 is 0 Å². The molecule has 65 heavy (non-hydrogen) atoms. The van der Waals surface area contributed by atoms with Crippen LogP contribution < -0.4 is 4.90 Å². The van der Waals surface area contributed by atoms with E-state index >= 15 is 0 Å². The number of hydrogen-bond acceptors (Lipinski definition) is 2. The SMILES string of the molecule is c1cc(-c2ccc(N(c3ccc(-c4ccccc4-n4c5ccccc5c5ccccc54)cc3)c3cc4ccccc4c4ccccc34)cc2)cc(-c2cccc3c2oc2ccccc23)c1. The van der Waals surface area contributed by atoms with Crippen LogP contribution in [0.3, 0.4) is 0 Å². The topological polar surface area (TPSA) is 21.3 Å². The lowest BCUT2D eigenvalue weighted by molar-refractivity contribution is 0.670. The average molecular weight is 829 g/mol. The van der Waals surface area contributed by atoms with Gasteiger partial charge < -0.3 is 13.9 Å². The Labute approximate surface area is 376 Å². The molecule has 0 aliphatic heterocycles. The van der Waals surface area contributed by atoms with Crippen molar-refractivity contribution in [1.82, 2.24) is 4.57 Å². The van der Waals surface area contributed by atoms with Gasteiger partial charge in [-0.1, -0.05) is 182 Å². The summed E-state index contributed by atoms with van der Waals surface area (Å²) in [7, 11) is 0. The van der Waals surface area contributed by atoms with Gasteiger partial charge >= 0.3 is 0 Å². The number of rotatable bonds is 7. The van der Waals surface area contributed by atoms with E-state index in [0.29, 0.717) is 0 Å². The Hall–Kier alpha value is -8.66. The number of hydrogen-bond donors (Lipinski definition) is 0. The molecular formula is C62H40N2O. The monoisotopic (exact) mass is 828 g/mol. The van der Waals surface area contributed by atoms with E-state index in [2.05, 4.69) is 240 Å². The Morgan fingerprint density at radius 2 is 0.862 bits per heavy atom. The number of benzene rings is 11. The van der Waals surface area contributed by atoms with Gasteiger partial charge in [-0.25, -0.2) is 0 Å². The van der Waals surface area contributed by atoms with Crippen LogP contribution in [-0.4, -0.2) is 4.57 Å². The molecule has 3 heteroatoms. The Bertz CT molecular complexity index is 3900. The number of anilines is 3. The molecule has 0 fully saturated rings. The first kappa shape index (κ1) is 36.9. The molecule has 0 spiro atoms. The van der Waals surface area contributed by atoms with Crippen LogP contribution in [-0.2, 0) is 0 Å². The van der Waals surface area contributed by atoms with Crippen LogP contribution in [0.2, 0.25) is 0 Å². The van der Waals surface area contributed by atoms with E-state index in [0.717, 1.165) is 72.5 Å². The fourth-order valence-electron chi connectivity index (χ4n) is 10.2. The minimum Gasteiger partial charge on any atom is -0.455 e. The van der Waals surface area contributed by atoms with Gasteiger partial charge in [0.15, 0.2) is 0 Å². The van der Waals surface area contributed by atoms with Crippen molar-refractivity contribution in [3.8, 4) is 39.1 Å². The van der Waals surface area contributed by atoms with Crippen LogP contribution in [0, 0.1) is 0 Å². The highest BCUT2D eigenvalue weighted by Gasteiger charge is 2.20. The molecule has 13 aromatic rings. The molecule has 0 saturated carbocycles. The molecule has 0 aliphatic rings. The summed E-state index contributed by atoms with van der Waals surface area (Å²) in [5.41, 5.74) is 15.5. The molecule has 0 aliphatic carbocycles. The Morgan fingerprint density at radius 3 is 1.62 bits per heavy atom. The van der Waals surface area contributed by atoms with Crippen molar-refractivity contribution in [2.24, 2.45) is 0 Å². The molecule has 13 rings (SSSR count). The molecular weight excluding hydrogens is 789 g/mol. The minimum absolute atomic E-state index is 0.907. The summed E-state index contributed by atoms with van der Waals surface area (Å²) in [6, 6.07) is 87.7. The zero-order valence-electron chi connectivity index (χ0n) is 35.4. The molecule has 11 aromatic carbocycles. The summed E-state index contributed by atoms with van der Waals surface area (Å²) < 4.78 is 8.86. The van der Waals surface area contributed by atoms with Crippen LogP contribution in [0.25, 0.3) is 104 Å². The first-order valence-corrected chi connectivity index (χ1v) is 22.2. The van der Waals surface area contributed by atoms with Crippen LogP contribution in [0.1, 0.15) is 0 Å². The second-order valence-electron chi connectivity index (χ2n) is 16.8. The predicted molar refractivity (Wildman–Crippen MR) is 274 cm³/mol. The molecule has 2 aromatic heterocycles. The lowest BCUT2D eigenvalue weighted by atomic mass is 9.97. The van der Waals surface area contributed by atoms with Gasteiger partial charge in [0.05, 0.1) is 22.4 Å². The average Bonchev–Trinajstić information content (AvgIpc) is 3.93. The molecule has 2 heterocycles. The van der Waals surface area contributed by atoms with Crippen LogP contribution in [0.4, 0.5) is 17.1 Å². The standard InChI is InChI=1S/C62H40N2O/c1-2-18-48-45(15-1)40-60(52-21-4-3-20-51(48)52)63(46-35-31-41(32-36-46)43-16-13-17-44(39-43)50-25-14-26-56-55-24-8-12-30-61(55)65-62(50)56)47-37-33-42(34-38-47)49-19-5-9-27-57(49)64-58-28-10-6-22-53(58)54-23-7-11-29-59(54)64/h1-40H. The summed E-state index contributed by atoms with van der Waals surface area (Å²) in [6.45, 7) is 0. The van der Waals surface area contributed by atoms with Crippen molar-refractivity contribution >= 4 is 82.4 Å². The molecule has 3 nitrogen and oxygen atoms in total. The summed E-state index contributed by atoms with van der Waals surface area (Å²) >= 11 is 0. The van der Waals surface area contributed by atoms with Gasteiger partial charge in [0.25, 0.3) is 0 Å². The van der Waals surface area contributed by atoms with Gasteiger partial charge in [0.2, 0.25) is 0 Å². The van der Waals surface area contributed by atoms with Gasteiger partial charge in [-0.05, 0) is 99.1 Å². The highest BCUT2D eigenvalue weighted by Crippen LogP contribution is 2.44. The van der Waals surface area contributed by atoms with Crippen molar-refractivity contribution in [2.45, 2.75) is 0 Å². The maximum absolute atomic E-state index is 6.45. The molecule has 0 bridgehead atoms. The van der Waals surface area contributed by atoms with E-state index in [1.165, 1.54) is 48.9 Å². The third-order valence-corrected chi connectivity index (χ3v) is 13.2. The van der Waals surface area contributed by atoms with Crippen molar-refractivity contribution < 1.29 is 4.42 Å². The van der Waals surface area contributed by atoms with E-state index in [1.54, 1.807) is 0 Å². The Morgan fingerprint density at radius 1 is 0.323 bits per heavy atom. The van der Waals surface area contributed by atoms with Gasteiger partial charge in [0.1, 0.15) is 11.2 Å². The molecule has 304 valence electrons. The number of nitrogens with zero attached hydrogens (tertiary/aromatic N) is 2. The lowest BCUT2D eigenvalue weighted by Crippen LogP contribution is -2.10. The lowest BCUT2D eigenvalue weighted by Gasteiger charge is -2.28. The number of aromatic nitrogens is 1. The van der Waals surface area contributed by atoms with E-state index in [4.69, 9.17) is 4.42 Å². The maximum Gasteiger partial charge on any atom is 0.143 e. The van der Waals surface area contributed by atoms with Crippen molar-refractivity contribution in [2.75, 3.05) is 4.90 Å². The summed E-state index contributed by atoms with van der Waals surface area (Å²) in [4.78, 5) is 2.42. The summed E-state index contributed by atoms with van der Waals surface area (Å²) in [6.07, 6.45) is 0. The van der Waals surface area contributed by atoms with E-state index in [-0.39, 0.29) is 0 Å². The van der Waals surface area contributed by atoms with Crippen LogP contribution in [0.5, 0.6) is 0 Å². The summed E-state index contributed by atoms with van der Waals surface area (Å²) in [5.74, 6) is 0. The third-order valence-electron chi connectivity index (χ3n) is 13.2. The van der Waals surface area contributed by atoms with Crippen molar-refractivity contribution in [3.05, 3.63) is 243 Å². The quantitative estimate of drug-likeness (QED) is 0.149. The predicted octanol–water partition coefficient (Wildman–Crippen LogP) is 17.5. The molecule has 0 saturated heterocycles. The summed E-state index contributed by atoms with van der Waals surface area (Å²) in [5, 5.41) is 9.66. The number of para-hydroxylation sites is 5. The molecule has 0 atom stereocenters. The first-order chi connectivity index (χ1) is 32.2. The third kappa shape index (κ3) is 6.05. The highest BCUT2D eigenvalue weighted by molar-refractivity contribution is 6.15. The normalized spacial score (nSPS) is 11.7. The van der Waals surface area contributed by atoms with E-state index in [1.807, 2.05) is 12.1 Å². The second-order valence-corrected chi connectivity index (χ2v) is 16.8. The Balaban J connectivity index is 0.928. The van der Waals surface area contributed by atoms with Crippen molar-refractivity contribution in [1.29, 1.82) is 0 Å². The van der Waals surface area contributed by atoms with Gasteiger partial charge in [-0.2, -0.15) is 0 Å². The maximum atomic E-state index is 6.45. The second kappa shape index (κ2) is 15.0. The van der Waals surface area contributed by atoms with Crippen LogP contribution in [0.15, 0.2) is 247 Å². The van der Waals surface area contributed by atoms with Crippen molar-refractivity contribution in [3.63, 3.8) is 0 Å². The van der Waals surface area contributed by atoms with Crippen LogP contribution >= 0.6 is 0 Å². The molecule has 0 unspecified atom stereocenters. The minimum atomic E-state index is 0.907. The number of furan rings is 1. The smallest absolute Gasteiger partial charge is 0.143 e. The molecule has 0 N–H and O–H groups in total. The fraction of sp³-hybridized carbons (Fsp3) is 0. The fourth-order valence-corrected chi connectivity index (χ4v) is 10.2. The largest absolute Gasteiger partial charge is 0.455 e. The van der Waals surface area contributed by atoms with Gasteiger partial charge in [-0.3, -0.25) is 0 Å². The Kier molecular flexibility index (Phi) is 8.53. The van der Waals surface area contributed by atoms with E-state index in [9.17, 15) is 0 Å². The van der Waals surface area contributed by atoms with Gasteiger partial charge in [-0.15, -0.1) is 0 Å². The molecule has 0 radical (unpaired) electrons. The molecule has 0 amide bonds. The first-order valence-electron chi connectivity index (χ1n) is 22.2. The zero-order chi connectivity index (χ0) is 42.8. The highest BCUT2D eigenvalue weighted by atomic mass is 16.3. The zero-order valence-corrected chi connectivity index (χ0v) is 35.4.